The Morgan fingerprint density at radius 3 is 2.67 bits per heavy atom. The molecule has 1 aromatic rings. The average molecular weight is 270 g/mol. The molecule has 0 aliphatic heterocycles. The van der Waals surface area contributed by atoms with Crippen molar-refractivity contribution in [1.29, 1.82) is 0 Å². The van der Waals surface area contributed by atoms with Gasteiger partial charge in [-0.2, -0.15) is 11.8 Å². The number of thioether (sulfide) groups is 1. The van der Waals surface area contributed by atoms with Gasteiger partial charge in [-0.1, -0.05) is 13.0 Å². The van der Waals surface area contributed by atoms with Crippen LogP contribution < -0.4 is 5.32 Å². The summed E-state index contributed by atoms with van der Waals surface area (Å²) in [5.41, 5.74) is 1.60. The summed E-state index contributed by atoms with van der Waals surface area (Å²) in [7, 11) is 1.66. The minimum atomic E-state index is -0.402. The molecule has 0 aliphatic rings. The molecule has 0 fully saturated rings. The van der Waals surface area contributed by atoms with Gasteiger partial charge >= 0.3 is 0 Å². The number of hydrogen-bond donors (Lipinski definition) is 2. The molecule has 0 radical (unpaired) electrons. The average Bonchev–Trinajstić information content (AvgIpc) is 2.34. The molecule has 0 aliphatic carbocycles. The van der Waals surface area contributed by atoms with Crippen LogP contribution >= 0.6 is 11.8 Å². The van der Waals surface area contributed by atoms with Crippen LogP contribution in [0, 0.1) is 10.1 Å². The van der Waals surface area contributed by atoms with Crippen LogP contribution in [0.1, 0.15) is 19.4 Å². The van der Waals surface area contributed by atoms with Crippen molar-refractivity contribution < 1.29 is 10.0 Å². The fourth-order valence-electron chi connectivity index (χ4n) is 1.40. The highest BCUT2D eigenvalue weighted by Crippen LogP contribution is 2.28. The fourth-order valence-corrected chi connectivity index (χ4v) is 2.31. The predicted molar refractivity (Wildman–Crippen MR) is 75.1 cm³/mol. The number of rotatable bonds is 6. The molecular weight excluding hydrogens is 252 g/mol. The first-order valence-electron chi connectivity index (χ1n) is 5.70. The summed E-state index contributed by atoms with van der Waals surface area (Å²) >= 11 is 1.62. The molecule has 0 heterocycles. The highest BCUT2D eigenvalue weighted by molar-refractivity contribution is 7.99. The number of aliphatic hydroxyl groups excluding tert-OH is 1. The molecule has 0 saturated carbocycles. The zero-order valence-electron chi connectivity index (χ0n) is 10.7. The van der Waals surface area contributed by atoms with E-state index in [1.165, 1.54) is 6.07 Å². The van der Waals surface area contributed by atoms with Crippen LogP contribution in [-0.2, 0) is 5.75 Å². The lowest BCUT2D eigenvalue weighted by Crippen LogP contribution is -2.15. The van der Waals surface area contributed by atoms with Crippen LogP contribution in [0.5, 0.6) is 0 Å². The number of aliphatic hydroxyl groups is 1. The van der Waals surface area contributed by atoms with E-state index in [0.29, 0.717) is 5.69 Å². The van der Waals surface area contributed by atoms with E-state index >= 15 is 0 Å². The van der Waals surface area contributed by atoms with Gasteiger partial charge in [0.05, 0.1) is 11.0 Å². The first-order valence-corrected chi connectivity index (χ1v) is 6.75. The Morgan fingerprint density at radius 2 is 2.17 bits per heavy atom. The van der Waals surface area contributed by atoms with Gasteiger partial charge < -0.3 is 10.4 Å². The summed E-state index contributed by atoms with van der Waals surface area (Å²) in [6, 6.07) is 5.04. The molecule has 0 bridgehead atoms. The smallest absolute Gasteiger partial charge is 0.292 e. The number of nitrogens with zero attached hydrogens (tertiary/aromatic N) is 1. The van der Waals surface area contributed by atoms with Crippen LogP contribution in [0.2, 0.25) is 0 Å². The highest BCUT2D eigenvalue weighted by atomic mass is 32.2. The number of nitro benzene ring substituents is 1. The lowest BCUT2D eigenvalue weighted by atomic mass is 10.2. The molecule has 6 heteroatoms. The van der Waals surface area contributed by atoms with E-state index in [0.717, 1.165) is 11.3 Å². The van der Waals surface area contributed by atoms with Gasteiger partial charge in [-0.3, -0.25) is 10.1 Å². The third-order valence-corrected chi connectivity index (χ3v) is 4.14. The Labute approximate surface area is 111 Å². The second kappa shape index (κ2) is 6.61. The minimum Gasteiger partial charge on any atom is -0.392 e. The molecule has 18 heavy (non-hydrogen) atoms. The molecular formula is C12H18N2O3S. The monoisotopic (exact) mass is 270 g/mol. The van der Waals surface area contributed by atoms with Gasteiger partial charge in [0.2, 0.25) is 0 Å². The van der Waals surface area contributed by atoms with Gasteiger partial charge in [0.15, 0.2) is 0 Å². The Bertz CT molecular complexity index is 424. The summed E-state index contributed by atoms with van der Waals surface area (Å²) in [6.07, 6.45) is -0.364. The molecule has 0 amide bonds. The fraction of sp³-hybridized carbons (Fsp3) is 0.500. The lowest BCUT2D eigenvalue weighted by Gasteiger charge is -2.14. The summed E-state index contributed by atoms with van der Waals surface area (Å²) < 4.78 is 0. The summed E-state index contributed by atoms with van der Waals surface area (Å²) in [5, 5.41) is 23.1. The Hall–Kier alpha value is -1.27. The van der Waals surface area contributed by atoms with E-state index in [-0.39, 0.29) is 17.0 Å². The van der Waals surface area contributed by atoms with Gasteiger partial charge in [-0.25, -0.2) is 0 Å². The molecule has 100 valence electrons. The molecule has 0 saturated heterocycles. The molecule has 0 aromatic heterocycles. The number of hydrogen-bond acceptors (Lipinski definition) is 5. The largest absolute Gasteiger partial charge is 0.392 e. The zero-order chi connectivity index (χ0) is 13.7. The number of nitro groups is 1. The molecule has 1 aromatic carbocycles. The topological polar surface area (TPSA) is 75.4 Å². The second-order valence-corrected chi connectivity index (χ2v) is 5.48. The second-order valence-electron chi connectivity index (χ2n) is 4.12. The third kappa shape index (κ3) is 3.89. The van der Waals surface area contributed by atoms with Crippen molar-refractivity contribution in [3.05, 3.63) is 33.9 Å². The van der Waals surface area contributed by atoms with Crippen molar-refractivity contribution in [1.82, 2.24) is 0 Å². The molecule has 5 nitrogen and oxygen atoms in total. The first kappa shape index (κ1) is 14.8. The van der Waals surface area contributed by atoms with Crippen LogP contribution in [0.4, 0.5) is 11.4 Å². The number of nitrogens with one attached hydrogen (secondary N) is 1. The van der Waals surface area contributed by atoms with Gasteiger partial charge in [0, 0.05) is 24.1 Å². The normalized spacial score (nSPS) is 14.0. The van der Waals surface area contributed by atoms with Gasteiger partial charge in [-0.05, 0) is 18.6 Å². The van der Waals surface area contributed by atoms with E-state index in [9.17, 15) is 15.2 Å². The van der Waals surface area contributed by atoms with Crippen LogP contribution in [-0.4, -0.2) is 28.4 Å². The first-order chi connectivity index (χ1) is 8.45. The van der Waals surface area contributed by atoms with E-state index in [2.05, 4.69) is 5.32 Å². The van der Waals surface area contributed by atoms with Crippen molar-refractivity contribution in [2.75, 3.05) is 12.4 Å². The van der Waals surface area contributed by atoms with Gasteiger partial charge in [-0.15, -0.1) is 0 Å². The maximum absolute atomic E-state index is 10.8. The van der Waals surface area contributed by atoms with Crippen LogP contribution in [0.15, 0.2) is 18.2 Å². The summed E-state index contributed by atoms with van der Waals surface area (Å²) in [4.78, 5) is 10.4. The van der Waals surface area contributed by atoms with Crippen molar-refractivity contribution >= 4 is 23.1 Å². The molecule has 0 spiro atoms. The van der Waals surface area contributed by atoms with E-state index in [4.69, 9.17) is 0 Å². The van der Waals surface area contributed by atoms with Gasteiger partial charge in [0.25, 0.3) is 5.69 Å². The van der Waals surface area contributed by atoms with Crippen molar-refractivity contribution in [3.63, 3.8) is 0 Å². The summed E-state index contributed by atoms with van der Waals surface area (Å²) in [6.45, 7) is 3.71. The van der Waals surface area contributed by atoms with E-state index < -0.39 is 4.92 Å². The van der Waals surface area contributed by atoms with Crippen molar-refractivity contribution in [2.24, 2.45) is 0 Å². The molecule has 2 atom stereocenters. The zero-order valence-corrected chi connectivity index (χ0v) is 11.5. The maximum atomic E-state index is 10.8. The Kier molecular flexibility index (Phi) is 5.43. The van der Waals surface area contributed by atoms with Crippen molar-refractivity contribution in [3.8, 4) is 0 Å². The third-order valence-electron chi connectivity index (χ3n) is 2.72. The maximum Gasteiger partial charge on any atom is 0.292 e. The quantitative estimate of drug-likeness (QED) is 0.614. The Balaban J connectivity index is 2.77. The SMILES string of the molecule is CNc1cc(CSC(C)C(C)O)ccc1[N+](=O)[O-]. The standard InChI is InChI=1S/C12H18N2O3S/c1-8(15)9(2)18-7-10-4-5-12(14(16)17)11(6-10)13-3/h4-6,8-9,13,15H,7H2,1-3H3. The number of benzene rings is 1. The lowest BCUT2D eigenvalue weighted by molar-refractivity contribution is -0.383. The summed E-state index contributed by atoms with van der Waals surface area (Å²) in [5.74, 6) is 0.721. The number of anilines is 1. The minimum absolute atomic E-state index is 0.0785. The van der Waals surface area contributed by atoms with E-state index in [1.54, 1.807) is 37.9 Å². The van der Waals surface area contributed by atoms with Crippen LogP contribution in [0.25, 0.3) is 0 Å². The molecule has 2 unspecified atom stereocenters. The van der Waals surface area contributed by atoms with Crippen molar-refractivity contribution in [2.45, 2.75) is 31.0 Å². The van der Waals surface area contributed by atoms with Gasteiger partial charge in [0.1, 0.15) is 5.69 Å². The highest BCUT2D eigenvalue weighted by Gasteiger charge is 2.14. The Morgan fingerprint density at radius 1 is 1.50 bits per heavy atom. The molecule has 2 N–H and O–H groups in total. The van der Waals surface area contributed by atoms with E-state index in [1.807, 2.05) is 6.92 Å². The predicted octanol–water partition coefficient (Wildman–Crippen LogP) is 2.64. The molecule has 1 rings (SSSR count). The van der Waals surface area contributed by atoms with Crippen LogP contribution in [0.3, 0.4) is 0 Å².